The molecule has 1 aromatic carbocycles. The van der Waals surface area contributed by atoms with E-state index in [2.05, 4.69) is 32.9 Å². The third-order valence-electron chi connectivity index (χ3n) is 4.71. The number of nitrogens with one attached hydrogen (secondary N) is 1. The number of rotatable bonds is 7. The van der Waals surface area contributed by atoms with Gasteiger partial charge in [-0.1, -0.05) is 37.3 Å². The lowest BCUT2D eigenvalue weighted by molar-refractivity contribution is -0.119. The molecule has 10 heteroatoms. The van der Waals surface area contributed by atoms with Gasteiger partial charge in [-0.3, -0.25) is 9.59 Å². The first-order valence-corrected chi connectivity index (χ1v) is 9.31. The Morgan fingerprint density at radius 1 is 1.28 bits per heavy atom. The van der Waals surface area contributed by atoms with E-state index in [1.807, 2.05) is 37.3 Å². The Hall–Kier alpha value is -3.40. The molecule has 29 heavy (non-hydrogen) atoms. The van der Waals surface area contributed by atoms with Crippen LogP contribution in [-0.4, -0.2) is 32.4 Å². The average molecular weight is 412 g/mol. The lowest BCUT2D eigenvalue weighted by atomic mass is 10.1. The van der Waals surface area contributed by atoms with E-state index in [0.717, 1.165) is 5.56 Å². The van der Waals surface area contributed by atoms with Crippen molar-refractivity contribution in [2.45, 2.75) is 18.9 Å². The number of carbonyl (C=O) groups is 2. The van der Waals surface area contributed by atoms with Gasteiger partial charge in [0, 0.05) is 24.4 Å². The molecule has 1 saturated carbocycles. The minimum absolute atomic E-state index is 0.0162. The quantitative estimate of drug-likeness (QED) is 0.290. The Bertz CT molecular complexity index is 1020. The highest BCUT2D eigenvalue weighted by Gasteiger charge is 2.56. The predicted octanol–water partition coefficient (Wildman–Crippen LogP) is 0.293. The summed E-state index contributed by atoms with van der Waals surface area (Å²) >= 11 is 3.36. The van der Waals surface area contributed by atoms with Gasteiger partial charge in [-0.15, -0.1) is 0 Å². The van der Waals surface area contributed by atoms with Gasteiger partial charge in [0.25, 0.3) is 5.91 Å². The molecular weight excluding hydrogens is 390 g/mol. The maximum absolute atomic E-state index is 11.8. The highest BCUT2D eigenvalue weighted by Crippen LogP contribution is 2.45. The molecule has 1 heterocycles. The van der Waals surface area contributed by atoms with Crippen LogP contribution >= 0.6 is 0 Å². The van der Waals surface area contributed by atoms with E-state index in [0.29, 0.717) is 17.2 Å². The van der Waals surface area contributed by atoms with Gasteiger partial charge < -0.3 is 22.5 Å². The molecule has 0 saturated heterocycles. The van der Waals surface area contributed by atoms with Crippen molar-refractivity contribution >= 4 is 46.8 Å². The molecule has 1 unspecified atom stereocenters. The molecule has 1 aromatic heterocycles. The van der Waals surface area contributed by atoms with Crippen molar-refractivity contribution in [1.82, 2.24) is 9.97 Å². The molecule has 1 fully saturated rings. The number of aliphatic imine (C=N–C) groups is 1. The first kappa shape index (κ1) is 20.3. The zero-order valence-corrected chi connectivity index (χ0v) is 16.7. The molecule has 1 aliphatic carbocycles. The van der Waals surface area contributed by atoms with Crippen LogP contribution in [0.15, 0.2) is 47.6 Å². The fourth-order valence-electron chi connectivity index (χ4n) is 2.93. The van der Waals surface area contributed by atoms with E-state index in [4.69, 9.17) is 17.2 Å². The summed E-state index contributed by atoms with van der Waals surface area (Å²) in [6.07, 6.45) is 3.48. The van der Waals surface area contributed by atoms with Gasteiger partial charge >= 0.3 is 0 Å². The summed E-state index contributed by atoms with van der Waals surface area (Å²) in [5, 5.41) is 3.31. The molecule has 0 bridgehead atoms. The summed E-state index contributed by atoms with van der Waals surface area (Å²) in [7, 11) is 0. The highest BCUT2D eigenvalue weighted by molar-refractivity contribution is 7.78. The monoisotopic (exact) mass is 412 g/mol. The van der Waals surface area contributed by atoms with Crippen molar-refractivity contribution in [2.75, 3.05) is 5.32 Å². The van der Waals surface area contributed by atoms with E-state index < -0.39 is 17.4 Å². The standard InChI is InChI=1S/C19H21N7O2S/c1-10-8-19(10,18(22)28)26-13-9-23-15(16(21)27)17(24-13)25-14(29)7-12(20)11-5-3-2-4-6-11/h2-7,9-10H,8,20H2,1H3,(H2,21,27)(H2,22,28)(H2,24,25,26,29)/p+1/t10?,19-/m0/s1. The number of hydrogen-bond donors (Lipinski definition) is 4. The van der Waals surface area contributed by atoms with Crippen LogP contribution in [0.4, 0.5) is 11.6 Å². The van der Waals surface area contributed by atoms with E-state index in [1.165, 1.54) is 6.20 Å². The second-order valence-corrected chi connectivity index (χ2v) is 7.33. The van der Waals surface area contributed by atoms with E-state index >= 15 is 0 Å². The normalized spacial score (nSPS) is 21.5. The topological polar surface area (TPSA) is 162 Å². The molecule has 3 rings (SSSR count). The summed E-state index contributed by atoms with van der Waals surface area (Å²) in [5.74, 6) is -0.958. The number of nitrogens with two attached hydrogens (primary N) is 3. The minimum Gasteiger partial charge on any atom is -0.398 e. The molecule has 1 aliphatic rings. The Kier molecular flexibility index (Phi) is 5.55. The zero-order chi connectivity index (χ0) is 21.2. The molecular formula is C19H22N7O2S+. The second kappa shape index (κ2) is 7.92. The van der Waals surface area contributed by atoms with Crippen LogP contribution in [-0.2, 0) is 17.4 Å². The number of nitrogens with zero attached hydrogens (tertiary/aromatic N) is 3. The Labute approximate surface area is 172 Å². The summed E-state index contributed by atoms with van der Waals surface area (Å²) in [5.41, 5.74) is 17.2. The fourth-order valence-corrected chi connectivity index (χ4v) is 3.19. The van der Waals surface area contributed by atoms with E-state index in [-0.39, 0.29) is 23.2 Å². The van der Waals surface area contributed by atoms with Crippen molar-refractivity contribution in [3.63, 3.8) is 0 Å². The number of carbonyl (C=O) groups excluding carboxylic acids is 2. The summed E-state index contributed by atoms with van der Waals surface area (Å²) < 4.78 is 0. The van der Waals surface area contributed by atoms with Crippen LogP contribution < -0.4 is 22.5 Å². The lowest BCUT2D eigenvalue weighted by Gasteiger charge is -2.15. The van der Waals surface area contributed by atoms with Crippen molar-refractivity contribution < 1.29 is 9.59 Å². The molecule has 0 spiro atoms. The molecule has 2 amide bonds. The number of anilines is 1. The van der Waals surface area contributed by atoms with Crippen LogP contribution in [0, 0.1) is 5.92 Å². The van der Waals surface area contributed by atoms with Crippen LogP contribution in [0.25, 0.3) is 5.70 Å². The number of hydrogen-bond acceptors (Lipinski definition) is 7. The number of amides is 2. The van der Waals surface area contributed by atoms with Gasteiger partial charge in [-0.2, -0.15) is 4.99 Å². The Morgan fingerprint density at radius 2 is 1.93 bits per heavy atom. The molecule has 2 atom stereocenters. The van der Waals surface area contributed by atoms with Gasteiger partial charge in [0.15, 0.2) is 11.5 Å². The van der Waals surface area contributed by atoms with Gasteiger partial charge in [-0.25, -0.2) is 9.97 Å². The van der Waals surface area contributed by atoms with Gasteiger partial charge in [-0.05, 0) is 17.9 Å². The van der Waals surface area contributed by atoms with Gasteiger partial charge in [0.1, 0.15) is 11.4 Å². The third-order valence-corrected chi connectivity index (χ3v) is 4.97. The maximum atomic E-state index is 11.8. The maximum Gasteiger partial charge on any atom is 0.271 e. The van der Waals surface area contributed by atoms with Gasteiger partial charge in [0.05, 0.1) is 6.20 Å². The Balaban J connectivity index is 1.93. The summed E-state index contributed by atoms with van der Waals surface area (Å²) in [4.78, 5) is 36.1. The van der Waals surface area contributed by atoms with Crippen LogP contribution in [0.2, 0.25) is 0 Å². The van der Waals surface area contributed by atoms with Gasteiger partial charge in [0.2, 0.25) is 11.0 Å². The SMILES string of the molecule is CC1C[C@@]1(Nc1cnc(C(N)=O)c(N=C([SH2+])C=C(N)c2ccccc2)n1)C(N)=O. The highest BCUT2D eigenvalue weighted by atomic mass is 32.1. The molecule has 0 aliphatic heterocycles. The van der Waals surface area contributed by atoms with Crippen molar-refractivity contribution in [3.8, 4) is 0 Å². The first-order chi connectivity index (χ1) is 13.7. The molecule has 150 valence electrons. The number of aromatic nitrogens is 2. The summed E-state index contributed by atoms with van der Waals surface area (Å²) in [6, 6.07) is 9.31. The molecule has 2 aromatic rings. The minimum atomic E-state index is -0.877. The Morgan fingerprint density at radius 3 is 2.48 bits per heavy atom. The van der Waals surface area contributed by atoms with Crippen LogP contribution in [0.3, 0.4) is 0 Å². The molecule has 7 N–H and O–H groups in total. The van der Waals surface area contributed by atoms with Crippen LogP contribution in [0.5, 0.6) is 0 Å². The average Bonchev–Trinajstić information content (AvgIpc) is 3.33. The predicted molar refractivity (Wildman–Crippen MR) is 116 cm³/mol. The van der Waals surface area contributed by atoms with Crippen molar-refractivity contribution in [3.05, 3.63) is 53.9 Å². The van der Waals surface area contributed by atoms with E-state index in [9.17, 15) is 9.59 Å². The smallest absolute Gasteiger partial charge is 0.271 e. The van der Waals surface area contributed by atoms with Crippen molar-refractivity contribution in [2.24, 2.45) is 28.1 Å². The molecule has 9 nitrogen and oxygen atoms in total. The zero-order valence-electron chi connectivity index (χ0n) is 15.7. The lowest BCUT2D eigenvalue weighted by Crippen LogP contribution is -2.39. The second-order valence-electron chi connectivity index (χ2n) is 6.82. The number of benzene rings is 1. The largest absolute Gasteiger partial charge is 0.398 e. The fraction of sp³-hybridized carbons (Fsp3) is 0.211. The van der Waals surface area contributed by atoms with Crippen molar-refractivity contribution in [1.29, 1.82) is 0 Å². The van der Waals surface area contributed by atoms with E-state index in [1.54, 1.807) is 6.08 Å². The van der Waals surface area contributed by atoms with Crippen LogP contribution in [0.1, 0.15) is 29.4 Å². The number of primary amides is 2. The summed E-state index contributed by atoms with van der Waals surface area (Å²) in [6.45, 7) is 1.90. The third kappa shape index (κ3) is 4.37. The molecule has 0 radical (unpaired) electrons. The first-order valence-electron chi connectivity index (χ1n) is 8.81.